The molecule has 126 valence electrons. The van der Waals surface area contributed by atoms with E-state index in [1.165, 1.54) is 6.07 Å². The Hall–Kier alpha value is -2.94. The van der Waals surface area contributed by atoms with Crippen LogP contribution in [0.4, 0.5) is 4.39 Å². The van der Waals surface area contributed by atoms with E-state index in [1.807, 2.05) is 36.4 Å². The van der Waals surface area contributed by atoms with E-state index in [0.717, 1.165) is 24.0 Å². The highest BCUT2D eigenvalue weighted by molar-refractivity contribution is 6.24. The molecule has 0 heterocycles. The number of benzene rings is 2. The van der Waals surface area contributed by atoms with Crippen LogP contribution in [0.1, 0.15) is 29.5 Å². The highest BCUT2D eigenvalue weighted by Crippen LogP contribution is 2.25. The van der Waals surface area contributed by atoms with E-state index in [9.17, 15) is 9.18 Å². The molecule has 2 nitrogen and oxygen atoms in total. The SMILES string of the molecule is C=C/C=C/c1ccc(/C=C(/C(=O)NC2CC2)c2ccccc2F)cc1. The zero-order valence-electron chi connectivity index (χ0n) is 13.9. The molecule has 2 aromatic rings. The maximum atomic E-state index is 14.2. The lowest BCUT2D eigenvalue weighted by Crippen LogP contribution is -2.26. The van der Waals surface area contributed by atoms with E-state index in [-0.39, 0.29) is 11.9 Å². The summed E-state index contributed by atoms with van der Waals surface area (Å²) in [5.41, 5.74) is 2.54. The van der Waals surface area contributed by atoms with Crippen LogP contribution in [0.2, 0.25) is 0 Å². The maximum Gasteiger partial charge on any atom is 0.252 e. The van der Waals surface area contributed by atoms with E-state index in [1.54, 1.807) is 30.4 Å². The second-order valence-corrected chi connectivity index (χ2v) is 6.05. The van der Waals surface area contributed by atoms with Crippen molar-refractivity contribution in [3.05, 3.63) is 89.8 Å². The van der Waals surface area contributed by atoms with Crippen LogP contribution in [0, 0.1) is 5.82 Å². The molecule has 2 aromatic carbocycles. The molecule has 0 aromatic heterocycles. The van der Waals surface area contributed by atoms with Gasteiger partial charge in [-0.3, -0.25) is 4.79 Å². The van der Waals surface area contributed by atoms with Crippen LogP contribution in [0.25, 0.3) is 17.7 Å². The van der Waals surface area contributed by atoms with Gasteiger partial charge in [-0.05, 0) is 36.1 Å². The zero-order chi connectivity index (χ0) is 17.6. The van der Waals surface area contributed by atoms with Gasteiger partial charge in [0.25, 0.3) is 5.91 Å². The summed E-state index contributed by atoms with van der Waals surface area (Å²) in [7, 11) is 0. The number of rotatable bonds is 6. The van der Waals surface area contributed by atoms with E-state index in [2.05, 4.69) is 11.9 Å². The topological polar surface area (TPSA) is 29.1 Å². The van der Waals surface area contributed by atoms with Crippen LogP contribution in [0.3, 0.4) is 0 Å². The molecule has 1 aliphatic carbocycles. The second-order valence-electron chi connectivity index (χ2n) is 6.05. The first kappa shape index (κ1) is 16.9. The van der Waals surface area contributed by atoms with Crippen molar-refractivity contribution in [1.29, 1.82) is 0 Å². The quantitative estimate of drug-likeness (QED) is 0.457. The van der Waals surface area contributed by atoms with Gasteiger partial charge in [0.1, 0.15) is 5.82 Å². The molecule has 1 fully saturated rings. The monoisotopic (exact) mass is 333 g/mol. The number of carbonyl (C=O) groups is 1. The van der Waals surface area contributed by atoms with Crippen molar-refractivity contribution in [2.24, 2.45) is 0 Å². The lowest BCUT2D eigenvalue weighted by Gasteiger charge is -2.10. The van der Waals surface area contributed by atoms with Crippen molar-refractivity contribution < 1.29 is 9.18 Å². The number of halogens is 1. The van der Waals surface area contributed by atoms with Crippen molar-refractivity contribution in [2.75, 3.05) is 0 Å². The maximum absolute atomic E-state index is 14.2. The fourth-order valence-corrected chi connectivity index (χ4v) is 2.49. The molecule has 0 radical (unpaired) electrons. The summed E-state index contributed by atoms with van der Waals surface area (Å²) >= 11 is 0. The van der Waals surface area contributed by atoms with E-state index in [4.69, 9.17) is 0 Å². The third-order valence-electron chi connectivity index (χ3n) is 3.99. The number of hydrogen-bond acceptors (Lipinski definition) is 1. The summed E-state index contributed by atoms with van der Waals surface area (Å²) in [6.45, 7) is 3.65. The molecule has 0 unspecified atom stereocenters. The number of amides is 1. The van der Waals surface area contributed by atoms with Gasteiger partial charge < -0.3 is 5.32 Å². The van der Waals surface area contributed by atoms with Gasteiger partial charge in [0, 0.05) is 11.6 Å². The van der Waals surface area contributed by atoms with E-state index >= 15 is 0 Å². The average molecular weight is 333 g/mol. The van der Waals surface area contributed by atoms with Crippen LogP contribution in [0.5, 0.6) is 0 Å². The summed E-state index contributed by atoms with van der Waals surface area (Å²) < 4.78 is 14.2. The highest BCUT2D eigenvalue weighted by Gasteiger charge is 2.26. The Morgan fingerprint density at radius 2 is 1.76 bits per heavy atom. The molecule has 25 heavy (non-hydrogen) atoms. The van der Waals surface area contributed by atoms with Gasteiger partial charge in [-0.2, -0.15) is 0 Å². The van der Waals surface area contributed by atoms with Crippen molar-refractivity contribution in [3.63, 3.8) is 0 Å². The molecule has 3 heteroatoms. The van der Waals surface area contributed by atoms with Gasteiger partial charge in [0.05, 0.1) is 5.57 Å². The standard InChI is InChI=1S/C22H20FNO/c1-2-3-6-16-9-11-17(12-10-16)15-20(22(25)24-18-13-14-18)19-7-4-5-8-21(19)23/h2-12,15,18H,1,13-14H2,(H,24,25)/b6-3+,20-15+. The summed E-state index contributed by atoms with van der Waals surface area (Å²) in [6.07, 6.45) is 9.22. The summed E-state index contributed by atoms with van der Waals surface area (Å²) in [5.74, 6) is -0.631. The van der Waals surface area contributed by atoms with E-state index in [0.29, 0.717) is 11.1 Å². The number of allylic oxidation sites excluding steroid dienone is 2. The predicted molar refractivity (Wildman–Crippen MR) is 101 cm³/mol. The van der Waals surface area contributed by atoms with E-state index < -0.39 is 5.82 Å². The summed E-state index contributed by atoms with van der Waals surface area (Å²) in [5, 5.41) is 2.94. The van der Waals surface area contributed by atoms with Gasteiger partial charge in [0.15, 0.2) is 0 Å². The third kappa shape index (κ3) is 4.54. The van der Waals surface area contributed by atoms with Crippen molar-refractivity contribution in [2.45, 2.75) is 18.9 Å². The number of hydrogen-bond donors (Lipinski definition) is 1. The molecule has 0 atom stereocenters. The van der Waals surface area contributed by atoms with Crippen LogP contribution in [0.15, 0.2) is 67.3 Å². The molecular formula is C22H20FNO. The van der Waals surface area contributed by atoms with Crippen molar-refractivity contribution >= 4 is 23.6 Å². The Labute approximate surface area is 147 Å². The Bertz CT molecular complexity index is 829. The molecule has 1 N–H and O–H groups in total. The van der Waals surface area contributed by atoms with Crippen LogP contribution in [-0.4, -0.2) is 11.9 Å². The van der Waals surface area contributed by atoms with Gasteiger partial charge in [-0.15, -0.1) is 0 Å². The van der Waals surface area contributed by atoms with Gasteiger partial charge in [0.2, 0.25) is 0 Å². The molecule has 1 amide bonds. The molecule has 0 saturated heterocycles. The highest BCUT2D eigenvalue weighted by atomic mass is 19.1. The molecule has 0 aliphatic heterocycles. The minimum absolute atomic E-state index is 0.217. The van der Waals surface area contributed by atoms with Crippen LogP contribution in [-0.2, 0) is 4.79 Å². The molecular weight excluding hydrogens is 313 g/mol. The first-order valence-electron chi connectivity index (χ1n) is 8.34. The first-order valence-corrected chi connectivity index (χ1v) is 8.34. The van der Waals surface area contributed by atoms with Crippen molar-refractivity contribution in [1.82, 2.24) is 5.32 Å². The Balaban J connectivity index is 1.94. The predicted octanol–water partition coefficient (Wildman–Crippen LogP) is 4.84. The van der Waals surface area contributed by atoms with Gasteiger partial charge in [-0.1, -0.05) is 67.3 Å². The van der Waals surface area contributed by atoms with Crippen LogP contribution < -0.4 is 5.32 Å². The second kappa shape index (κ2) is 7.75. The average Bonchev–Trinajstić information content (AvgIpc) is 3.43. The van der Waals surface area contributed by atoms with Crippen molar-refractivity contribution in [3.8, 4) is 0 Å². The first-order chi connectivity index (χ1) is 12.2. The lowest BCUT2D eigenvalue weighted by molar-refractivity contribution is -0.115. The fraction of sp³-hybridized carbons (Fsp3) is 0.136. The zero-order valence-corrected chi connectivity index (χ0v) is 13.9. The van der Waals surface area contributed by atoms with Gasteiger partial charge >= 0.3 is 0 Å². The van der Waals surface area contributed by atoms with Crippen LogP contribution >= 0.6 is 0 Å². The minimum Gasteiger partial charge on any atom is -0.349 e. The summed E-state index contributed by atoms with van der Waals surface area (Å²) in [4.78, 5) is 12.6. The largest absolute Gasteiger partial charge is 0.349 e. The third-order valence-corrected chi connectivity index (χ3v) is 3.99. The molecule has 0 spiro atoms. The minimum atomic E-state index is -0.398. The summed E-state index contributed by atoms with van der Waals surface area (Å²) in [6, 6.07) is 14.3. The fourth-order valence-electron chi connectivity index (χ4n) is 2.49. The molecule has 0 bridgehead atoms. The Morgan fingerprint density at radius 1 is 1.08 bits per heavy atom. The molecule has 1 saturated carbocycles. The van der Waals surface area contributed by atoms with Gasteiger partial charge in [-0.25, -0.2) is 4.39 Å². The number of nitrogens with one attached hydrogen (secondary N) is 1. The normalized spacial score (nSPS) is 14.5. The molecule has 1 aliphatic rings. The Kier molecular flexibility index (Phi) is 5.24. The smallest absolute Gasteiger partial charge is 0.252 e. The molecule has 3 rings (SSSR count). The Morgan fingerprint density at radius 3 is 2.40 bits per heavy atom. The number of carbonyl (C=O) groups excluding carboxylic acids is 1. The lowest BCUT2D eigenvalue weighted by atomic mass is 10.0.